The normalized spacial score (nSPS) is 12.9. The predicted molar refractivity (Wildman–Crippen MR) is 112 cm³/mol. The Bertz CT molecular complexity index is 1200. The molecule has 0 aliphatic carbocycles. The average molecular weight is 540 g/mol. The van der Waals surface area contributed by atoms with E-state index in [4.69, 9.17) is 4.74 Å². The van der Waals surface area contributed by atoms with Crippen molar-refractivity contribution < 1.29 is 54.1 Å². The number of halogens is 9. The van der Waals surface area contributed by atoms with Gasteiger partial charge in [0.25, 0.3) is 0 Å². The van der Waals surface area contributed by atoms with Gasteiger partial charge in [-0.3, -0.25) is 0 Å². The van der Waals surface area contributed by atoms with Crippen molar-refractivity contribution in [3.63, 3.8) is 0 Å². The van der Waals surface area contributed by atoms with Crippen molar-refractivity contribution in [2.75, 3.05) is 11.4 Å². The Morgan fingerprint density at radius 2 is 1.62 bits per heavy atom. The molecule has 0 fully saturated rings. The fraction of sp³-hybridized carbons (Fsp3) is 0.261. The van der Waals surface area contributed by atoms with E-state index in [9.17, 15) is 44.6 Å². The average Bonchev–Trinajstić information content (AvgIpc) is 2.78. The van der Waals surface area contributed by atoms with Gasteiger partial charge in [0.15, 0.2) is 6.10 Å². The number of alkyl halides is 8. The number of hydrogen-bond donors (Lipinski definition) is 1. The van der Waals surface area contributed by atoms with Gasteiger partial charge in [0.1, 0.15) is 17.3 Å². The molecule has 0 amide bonds. The van der Waals surface area contributed by atoms with E-state index >= 15 is 0 Å². The first kappa shape index (κ1) is 27.9. The molecule has 0 aliphatic rings. The number of aliphatic hydroxyl groups excluding tert-OH is 1. The molecule has 1 N–H and O–H groups in total. The molecular weight excluding hydrogens is 523 g/mol. The van der Waals surface area contributed by atoms with Crippen LogP contribution >= 0.6 is 0 Å². The Morgan fingerprint density at radius 1 is 0.919 bits per heavy atom. The van der Waals surface area contributed by atoms with E-state index in [2.05, 4.69) is 9.72 Å². The van der Waals surface area contributed by atoms with Gasteiger partial charge in [-0.1, -0.05) is 12.1 Å². The van der Waals surface area contributed by atoms with Gasteiger partial charge in [0.05, 0.1) is 12.1 Å². The summed E-state index contributed by atoms with van der Waals surface area (Å²) in [6.45, 7) is -4.87. The molecule has 5 nitrogen and oxygen atoms in total. The number of nitrogens with zero attached hydrogens (tertiary/aromatic N) is 2. The summed E-state index contributed by atoms with van der Waals surface area (Å²) in [6.07, 6.45) is -11.6. The highest BCUT2D eigenvalue weighted by atomic mass is 19.4. The zero-order valence-electron chi connectivity index (χ0n) is 18.4. The van der Waals surface area contributed by atoms with E-state index in [1.54, 1.807) is 0 Å². The lowest BCUT2D eigenvalue weighted by molar-refractivity contribution is -0.200. The summed E-state index contributed by atoms with van der Waals surface area (Å²) in [5.41, 5.74) is -1.66. The first-order chi connectivity index (χ1) is 17.2. The zero-order valence-corrected chi connectivity index (χ0v) is 18.4. The van der Waals surface area contributed by atoms with Crippen LogP contribution in [-0.2, 0) is 12.7 Å². The summed E-state index contributed by atoms with van der Waals surface area (Å²) in [5, 5.41) is 9.60. The molecule has 0 unspecified atom stereocenters. The van der Waals surface area contributed by atoms with Gasteiger partial charge in [-0.25, -0.2) is 9.37 Å². The number of rotatable bonds is 9. The molecular formula is C23H17F9N2O3. The van der Waals surface area contributed by atoms with Crippen molar-refractivity contribution in [1.29, 1.82) is 0 Å². The van der Waals surface area contributed by atoms with E-state index in [-0.39, 0.29) is 28.8 Å². The second kappa shape index (κ2) is 11.2. The zero-order chi connectivity index (χ0) is 27.4. The van der Waals surface area contributed by atoms with E-state index in [1.165, 1.54) is 30.3 Å². The van der Waals surface area contributed by atoms with Crippen LogP contribution in [0.5, 0.6) is 17.4 Å². The van der Waals surface area contributed by atoms with Crippen LogP contribution < -0.4 is 14.4 Å². The maximum Gasteiger partial charge on any atom is 0.416 e. The molecule has 0 bridgehead atoms. The van der Waals surface area contributed by atoms with Crippen LogP contribution in [0.25, 0.3) is 0 Å². The van der Waals surface area contributed by atoms with Crippen molar-refractivity contribution >= 4 is 5.69 Å². The van der Waals surface area contributed by atoms with Gasteiger partial charge in [0, 0.05) is 36.1 Å². The van der Waals surface area contributed by atoms with Crippen LogP contribution in [0.15, 0.2) is 60.8 Å². The molecule has 0 radical (unpaired) electrons. The van der Waals surface area contributed by atoms with E-state index in [1.807, 2.05) is 0 Å². The lowest BCUT2D eigenvalue weighted by Crippen LogP contribution is -2.41. The Kier molecular flexibility index (Phi) is 8.41. The lowest BCUT2D eigenvalue weighted by atomic mass is 10.1. The van der Waals surface area contributed by atoms with Crippen molar-refractivity contribution in [3.05, 3.63) is 77.7 Å². The summed E-state index contributed by atoms with van der Waals surface area (Å²) in [4.78, 5) is 4.47. The summed E-state index contributed by atoms with van der Waals surface area (Å²) >= 11 is 0. The quantitative estimate of drug-likeness (QED) is 0.312. The highest BCUT2D eigenvalue weighted by Crippen LogP contribution is 2.33. The standard InChI is InChI=1S/C23H17F9N2O3/c24-18-8-14(22(27,28)29)5-4-13(18)11-34(12-19(35)23(30,31)32)15-2-1-3-16(9-15)36-17-6-7-33-20(10-17)37-21(25)26/h1-10,19,21,35H,11-12H2/t19-/m0/s1. The van der Waals surface area contributed by atoms with Crippen molar-refractivity contribution in [2.24, 2.45) is 0 Å². The van der Waals surface area contributed by atoms with Crippen LogP contribution in [0.3, 0.4) is 0 Å². The number of pyridine rings is 1. The molecule has 0 aliphatic heterocycles. The SMILES string of the molecule is O[C@@H](CN(Cc1ccc(C(F)(F)F)cc1F)c1cccc(Oc2ccnc(OC(F)F)c2)c1)C(F)(F)F. The summed E-state index contributed by atoms with van der Waals surface area (Å²) in [5.74, 6) is -1.78. The van der Waals surface area contributed by atoms with Gasteiger partial charge in [-0.05, 0) is 30.3 Å². The fourth-order valence-corrected chi connectivity index (χ4v) is 3.12. The molecule has 2 aromatic carbocycles. The lowest BCUT2D eigenvalue weighted by Gasteiger charge is -2.29. The second-order valence-electron chi connectivity index (χ2n) is 7.55. The maximum atomic E-state index is 14.4. The minimum atomic E-state index is -5.04. The van der Waals surface area contributed by atoms with Crippen LogP contribution in [0, 0.1) is 5.82 Å². The molecule has 0 saturated carbocycles. The first-order valence-corrected chi connectivity index (χ1v) is 10.3. The monoisotopic (exact) mass is 540 g/mol. The van der Waals surface area contributed by atoms with Gasteiger partial charge >= 0.3 is 19.0 Å². The highest BCUT2D eigenvalue weighted by molar-refractivity contribution is 5.52. The van der Waals surface area contributed by atoms with E-state index in [0.717, 1.165) is 23.2 Å². The largest absolute Gasteiger partial charge is 0.457 e. The fourth-order valence-electron chi connectivity index (χ4n) is 3.12. The Morgan fingerprint density at radius 3 is 2.24 bits per heavy atom. The molecule has 1 heterocycles. The summed E-state index contributed by atoms with van der Waals surface area (Å²) in [7, 11) is 0. The Hall–Kier alpha value is -3.68. The maximum absolute atomic E-state index is 14.4. The van der Waals surface area contributed by atoms with Crippen LogP contribution in [0.1, 0.15) is 11.1 Å². The van der Waals surface area contributed by atoms with Crippen molar-refractivity contribution in [2.45, 2.75) is 31.6 Å². The number of aromatic nitrogens is 1. The topological polar surface area (TPSA) is 54.8 Å². The van der Waals surface area contributed by atoms with Gasteiger partial charge in [-0.2, -0.15) is 35.1 Å². The minimum absolute atomic E-state index is 0.00564. The third kappa shape index (κ3) is 7.90. The van der Waals surface area contributed by atoms with Crippen LogP contribution in [0.4, 0.5) is 45.2 Å². The summed E-state index contributed by atoms with van der Waals surface area (Å²) in [6, 6.07) is 9.12. The Labute approximate surface area is 203 Å². The van der Waals surface area contributed by atoms with Crippen LogP contribution in [0.2, 0.25) is 0 Å². The van der Waals surface area contributed by atoms with Crippen LogP contribution in [-0.4, -0.2) is 35.5 Å². The number of ether oxygens (including phenoxy) is 2. The number of hydrogen-bond acceptors (Lipinski definition) is 5. The molecule has 3 rings (SSSR count). The molecule has 3 aromatic rings. The molecule has 200 valence electrons. The van der Waals surface area contributed by atoms with Gasteiger partial charge < -0.3 is 19.5 Å². The molecule has 0 spiro atoms. The molecule has 0 saturated heterocycles. The Balaban J connectivity index is 1.90. The third-order valence-electron chi connectivity index (χ3n) is 4.85. The third-order valence-corrected chi connectivity index (χ3v) is 4.85. The van der Waals surface area contributed by atoms with Crippen molar-refractivity contribution in [3.8, 4) is 17.4 Å². The van der Waals surface area contributed by atoms with Gasteiger partial charge in [0.2, 0.25) is 5.88 Å². The minimum Gasteiger partial charge on any atom is -0.457 e. The predicted octanol–water partition coefficient (Wildman–Crippen LogP) is 6.56. The number of aliphatic hydroxyl groups is 1. The van der Waals surface area contributed by atoms with E-state index < -0.39 is 55.4 Å². The second-order valence-corrected chi connectivity index (χ2v) is 7.55. The highest BCUT2D eigenvalue weighted by Gasteiger charge is 2.39. The summed E-state index contributed by atoms with van der Waals surface area (Å²) < 4.78 is 127. The molecule has 14 heteroatoms. The first-order valence-electron chi connectivity index (χ1n) is 10.3. The molecule has 37 heavy (non-hydrogen) atoms. The number of benzene rings is 2. The number of anilines is 1. The smallest absolute Gasteiger partial charge is 0.416 e. The van der Waals surface area contributed by atoms with E-state index in [0.29, 0.717) is 6.07 Å². The van der Waals surface area contributed by atoms with Crippen molar-refractivity contribution in [1.82, 2.24) is 4.98 Å². The molecule has 1 aromatic heterocycles. The molecule has 1 atom stereocenters. The van der Waals surface area contributed by atoms with Gasteiger partial charge in [-0.15, -0.1) is 0 Å².